The summed E-state index contributed by atoms with van der Waals surface area (Å²) in [6, 6.07) is 6.27. The second kappa shape index (κ2) is 6.12. The molecule has 1 aromatic carbocycles. The Labute approximate surface area is 112 Å². The van der Waals surface area contributed by atoms with Crippen molar-refractivity contribution in [3.8, 4) is 0 Å². The molecule has 1 aliphatic rings. The van der Waals surface area contributed by atoms with Gasteiger partial charge >= 0.3 is 0 Å². The van der Waals surface area contributed by atoms with Gasteiger partial charge in [-0.05, 0) is 31.0 Å². The zero-order valence-electron chi connectivity index (χ0n) is 11.1. The highest BCUT2D eigenvalue weighted by Gasteiger charge is 2.24. The van der Waals surface area contributed by atoms with Crippen molar-refractivity contribution in [1.82, 2.24) is 4.90 Å². The van der Waals surface area contributed by atoms with E-state index in [-0.39, 0.29) is 24.2 Å². The predicted molar refractivity (Wildman–Crippen MR) is 73.2 cm³/mol. The third kappa shape index (κ3) is 3.75. The van der Waals surface area contributed by atoms with Crippen molar-refractivity contribution in [1.29, 1.82) is 0 Å². The smallest absolute Gasteiger partial charge is 0.238 e. The summed E-state index contributed by atoms with van der Waals surface area (Å²) in [5, 5.41) is 2.59. The lowest BCUT2D eigenvalue weighted by molar-refractivity contribution is -0.117. The highest BCUT2D eigenvalue weighted by Crippen LogP contribution is 2.16. The van der Waals surface area contributed by atoms with Crippen LogP contribution in [0, 0.1) is 11.7 Å². The van der Waals surface area contributed by atoms with E-state index in [0.29, 0.717) is 12.5 Å². The lowest BCUT2D eigenvalue weighted by Gasteiger charge is -2.34. The topological polar surface area (TPSA) is 58.4 Å². The number of nitrogens with two attached hydrogens (primary N) is 1. The molecule has 2 rings (SSSR count). The first kappa shape index (κ1) is 14.0. The van der Waals surface area contributed by atoms with E-state index in [9.17, 15) is 9.18 Å². The van der Waals surface area contributed by atoms with E-state index >= 15 is 0 Å². The number of rotatable bonds is 3. The Kier molecular flexibility index (Phi) is 4.50. The van der Waals surface area contributed by atoms with Crippen LogP contribution in [-0.4, -0.2) is 36.5 Å². The molecular weight excluding hydrogens is 245 g/mol. The molecule has 1 amide bonds. The zero-order valence-corrected chi connectivity index (χ0v) is 11.1. The summed E-state index contributed by atoms with van der Waals surface area (Å²) in [6.07, 6.45) is 0.994. The molecule has 0 aromatic heterocycles. The van der Waals surface area contributed by atoms with Crippen LogP contribution in [0.3, 0.4) is 0 Å². The van der Waals surface area contributed by atoms with Crippen molar-refractivity contribution in [2.24, 2.45) is 11.7 Å². The van der Waals surface area contributed by atoms with Crippen LogP contribution < -0.4 is 11.1 Å². The molecule has 5 heteroatoms. The number of para-hydroxylation sites is 1. The molecule has 1 aliphatic heterocycles. The van der Waals surface area contributed by atoms with Gasteiger partial charge in [-0.15, -0.1) is 0 Å². The SMILES string of the molecule is CC1CCN(CC(=O)Nc2ccccc2F)CC1N. The number of benzene rings is 1. The first-order chi connectivity index (χ1) is 9.06. The van der Waals surface area contributed by atoms with Crippen molar-refractivity contribution in [3.63, 3.8) is 0 Å². The van der Waals surface area contributed by atoms with Gasteiger partial charge in [-0.1, -0.05) is 19.1 Å². The number of halogens is 1. The number of hydrogen-bond acceptors (Lipinski definition) is 3. The maximum absolute atomic E-state index is 13.4. The summed E-state index contributed by atoms with van der Waals surface area (Å²) in [7, 11) is 0. The molecule has 0 radical (unpaired) electrons. The molecule has 1 fully saturated rings. The largest absolute Gasteiger partial charge is 0.326 e. The molecule has 104 valence electrons. The summed E-state index contributed by atoms with van der Waals surface area (Å²) >= 11 is 0. The number of carbonyl (C=O) groups is 1. The molecule has 0 saturated carbocycles. The van der Waals surface area contributed by atoms with E-state index in [0.717, 1.165) is 13.0 Å². The number of carbonyl (C=O) groups excluding carboxylic acids is 1. The predicted octanol–water partition coefficient (Wildman–Crippen LogP) is 1.43. The fourth-order valence-electron chi connectivity index (χ4n) is 2.27. The first-order valence-corrected chi connectivity index (χ1v) is 6.58. The number of amides is 1. The number of piperidine rings is 1. The fourth-order valence-corrected chi connectivity index (χ4v) is 2.27. The molecule has 0 bridgehead atoms. The molecule has 3 N–H and O–H groups in total. The van der Waals surface area contributed by atoms with Gasteiger partial charge in [-0.2, -0.15) is 0 Å². The minimum absolute atomic E-state index is 0.106. The van der Waals surface area contributed by atoms with Crippen LogP contribution in [0.5, 0.6) is 0 Å². The van der Waals surface area contributed by atoms with Crippen LogP contribution >= 0.6 is 0 Å². The number of anilines is 1. The lowest BCUT2D eigenvalue weighted by Crippen LogP contribution is -2.49. The number of hydrogen-bond donors (Lipinski definition) is 2. The van der Waals surface area contributed by atoms with E-state index in [1.54, 1.807) is 18.2 Å². The van der Waals surface area contributed by atoms with Crippen molar-refractivity contribution < 1.29 is 9.18 Å². The average Bonchev–Trinajstić information content (AvgIpc) is 2.37. The van der Waals surface area contributed by atoms with Crippen LogP contribution in [0.25, 0.3) is 0 Å². The molecule has 2 atom stereocenters. The van der Waals surface area contributed by atoms with E-state index in [1.165, 1.54) is 6.07 Å². The van der Waals surface area contributed by atoms with Crippen molar-refractivity contribution >= 4 is 11.6 Å². The third-order valence-electron chi connectivity index (χ3n) is 3.62. The Morgan fingerprint density at radius 2 is 2.26 bits per heavy atom. The maximum Gasteiger partial charge on any atom is 0.238 e. The fraction of sp³-hybridized carbons (Fsp3) is 0.500. The third-order valence-corrected chi connectivity index (χ3v) is 3.62. The Morgan fingerprint density at radius 1 is 1.53 bits per heavy atom. The Morgan fingerprint density at radius 3 is 2.95 bits per heavy atom. The lowest BCUT2D eigenvalue weighted by atomic mass is 9.94. The molecule has 1 saturated heterocycles. The molecule has 1 heterocycles. The summed E-state index contributed by atoms with van der Waals surface area (Å²) in [5.41, 5.74) is 6.21. The van der Waals surface area contributed by atoms with Gasteiger partial charge < -0.3 is 11.1 Å². The molecule has 4 nitrogen and oxygen atoms in total. The quantitative estimate of drug-likeness (QED) is 0.869. The summed E-state index contributed by atoms with van der Waals surface area (Å²) in [5.74, 6) is -0.127. The van der Waals surface area contributed by atoms with Gasteiger partial charge in [0, 0.05) is 12.6 Å². The summed E-state index contributed by atoms with van der Waals surface area (Å²) < 4.78 is 13.4. The standard InChI is InChI=1S/C14H20FN3O/c1-10-6-7-18(8-12(10)16)9-14(19)17-13-5-3-2-4-11(13)15/h2-5,10,12H,6-9,16H2,1H3,(H,17,19). The summed E-state index contributed by atoms with van der Waals surface area (Å²) in [4.78, 5) is 13.9. The molecule has 0 spiro atoms. The monoisotopic (exact) mass is 265 g/mol. The Balaban J connectivity index is 1.87. The van der Waals surface area contributed by atoms with Gasteiger partial charge in [0.05, 0.1) is 12.2 Å². The number of likely N-dealkylation sites (tertiary alicyclic amines) is 1. The van der Waals surface area contributed by atoms with Crippen LogP contribution in [0.15, 0.2) is 24.3 Å². The number of nitrogens with zero attached hydrogens (tertiary/aromatic N) is 1. The summed E-state index contributed by atoms with van der Waals surface area (Å²) in [6.45, 7) is 3.96. The maximum atomic E-state index is 13.4. The van der Waals surface area contributed by atoms with Crippen molar-refractivity contribution in [3.05, 3.63) is 30.1 Å². The molecule has 19 heavy (non-hydrogen) atoms. The second-order valence-corrected chi connectivity index (χ2v) is 5.19. The normalized spacial score (nSPS) is 24.2. The van der Waals surface area contributed by atoms with Crippen molar-refractivity contribution in [2.45, 2.75) is 19.4 Å². The highest BCUT2D eigenvalue weighted by atomic mass is 19.1. The first-order valence-electron chi connectivity index (χ1n) is 6.58. The van der Waals surface area contributed by atoms with E-state index in [2.05, 4.69) is 12.2 Å². The minimum Gasteiger partial charge on any atom is -0.326 e. The van der Waals surface area contributed by atoms with Gasteiger partial charge in [0.2, 0.25) is 5.91 Å². The van der Waals surface area contributed by atoms with Crippen LogP contribution in [0.2, 0.25) is 0 Å². The minimum atomic E-state index is -0.417. The van der Waals surface area contributed by atoms with Crippen LogP contribution in [0.1, 0.15) is 13.3 Å². The molecule has 0 aliphatic carbocycles. The highest BCUT2D eigenvalue weighted by molar-refractivity contribution is 5.92. The molecule has 2 unspecified atom stereocenters. The second-order valence-electron chi connectivity index (χ2n) is 5.19. The van der Waals surface area contributed by atoms with Gasteiger partial charge in [0.1, 0.15) is 5.82 Å². The average molecular weight is 265 g/mol. The zero-order chi connectivity index (χ0) is 13.8. The van der Waals surface area contributed by atoms with E-state index < -0.39 is 5.82 Å². The molecular formula is C14H20FN3O. The van der Waals surface area contributed by atoms with Gasteiger partial charge in [-0.25, -0.2) is 4.39 Å². The van der Waals surface area contributed by atoms with Gasteiger partial charge in [0.25, 0.3) is 0 Å². The van der Waals surface area contributed by atoms with Crippen LogP contribution in [-0.2, 0) is 4.79 Å². The van der Waals surface area contributed by atoms with E-state index in [4.69, 9.17) is 5.73 Å². The molecule has 1 aromatic rings. The number of nitrogens with one attached hydrogen (secondary N) is 1. The Hall–Kier alpha value is -1.46. The van der Waals surface area contributed by atoms with Crippen LogP contribution in [0.4, 0.5) is 10.1 Å². The van der Waals surface area contributed by atoms with Crippen molar-refractivity contribution in [2.75, 3.05) is 25.0 Å². The Bertz CT molecular complexity index is 452. The van der Waals surface area contributed by atoms with Gasteiger partial charge in [0.15, 0.2) is 0 Å². The van der Waals surface area contributed by atoms with E-state index in [1.807, 2.05) is 4.90 Å². The van der Waals surface area contributed by atoms with Gasteiger partial charge in [-0.3, -0.25) is 9.69 Å².